The van der Waals surface area contributed by atoms with Gasteiger partial charge in [0.25, 0.3) is 0 Å². The van der Waals surface area contributed by atoms with Crippen LogP contribution in [0, 0.1) is 20.2 Å². The molecule has 0 aliphatic rings. The van der Waals surface area contributed by atoms with Gasteiger partial charge in [0, 0.05) is 18.1 Å². The van der Waals surface area contributed by atoms with Gasteiger partial charge in [-0.3, -0.25) is 4.79 Å². The van der Waals surface area contributed by atoms with Crippen LogP contribution in [0.15, 0.2) is 18.7 Å². The van der Waals surface area contributed by atoms with Gasteiger partial charge < -0.3 is 25.5 Å². The Morgan fingerprint density at radius 1 is 1.21 bits per heavy atom. The molecule has 24 heavy (non-hydrogen) atoms. The van der Waals surface area contributed by atoms with Crippen molar-refractivity contribution in [3.05, 3.63) is 38.9 Å². The van der Waals surface area contributed by atoms with E-state index in [-0.39, 0.29) is 31.4 Å². The van der Waals surface area contributed by atoms with Crippen LogP contribution in [0.1, 0.15) is 12.8 Å². The van der Waals surface area contributed by atoms with E-state index >= 15 is 0 Å². The summed E-state index contributed by atoms with van der Waals surface area (Å²) in [6.45, 7) is 0.781. The standard InChI is InChI=1S/C11H14N8O5/c20-9(2-1-5-17-8-14-10(15-17)18(21)22)12-3-6-16-7-4-13-11(16)19(23)24/h4,7-8H,1-3,5-6H2,(H,12,20). The molecule has 0 aromatic carbocycles. The lowest BCUT2D eigenvalue weighted by atomic mass is 10.3. The number of aryl methyl sites for hydroxylation is 1. The van der Waals surface area contributed by atoms with Crippen LogP contribution in [0.5, 0.6) is 0 Å². The zero-order valence-electron chi connectivity index (χ0n) is 12.4. The third-order valence-corrected chi connectivity index (χ3v) is 3.01. The second kappa shape index (κ2) is 7.75. The molecular weight excluding hydrogens is 324 g/mol. The van der Waals surface area contributed by atoms with Crippen LogP contribution in [0.3, 0.4) is 0 Å². The summed E-state index contributed by atoms with van der Waals surface area (Å²) in [5.41, 5.74) is 0. The first kappa shape index (κ1) is 17.0. The second-order valence-electron chi connectivity index (χ2n) is 4.70. The maximum absolute atomic E-state index is 11.7. The molecule has 0 atom stereocenters. The fourth-order valence-electron chi connectivity index (χ4n) is 1.93. The maximum Gasteiger partial charge on any atom is 0.490 e. The molecule has 2 heterocycles. The lowest BCUT2D eigenvalue weighted by Crippen LogP contribution is -2.27. The SMILES string of the molecule is O=C(CCCn1cnc([N+](=O)[O-])n1)NCCn1ccnc1[N+](=O)[O-]. The Morgan fingerprint density at radius 2 is 2.00 bits per heavy atom. The highest BCUT2D eigenvalue weighted by Crippen LogP contribution is 2.06. The van der Waals surface area contributed by atoms with Gasteiger partial charge in [-0.05, 0) is 16.3 Å². The van der Waals surface area contributed by atoms with E-state index in [1.165, 1.54) is 28.0 Å². The van der Waals surface area contributed by atoms with Crippen LogP contribution in [0.25, 0.3) is 0 Å². The molecule has 1 N–H and O–H groups in total. The van der Waals surface area contributed by atoms with Gasteiger partial charge in [-0.1, -0.05) is 9.97 Å². The van der Waals surface area contributed by atoms with Crippen LogP contribution < -0.4 is 5.32 Å². The Hall–Kier alpha value is -3.38. The zero-order valence-corrected chi connectivity index (χ0v) is 12.4. The van der Waals surface area contributed by atoms with E-state index in [4.69, 9.17) is 0 Å². The molecule has 2 aromatic heterocycles. The molecule has 0 aliphatic heterocycles. The van der Waals surface area contributed by atoms with Crippen LogP contribution >= 0.6 is 0 Å². The number of hydrogen-bond acceptors (Lipinski definition) is 8. The quantitative estimate of drug-likeness (QED) is 0.488. The summed E-state index contributed by atoms with van der Waals surface area (Å²) in [6, 6.07) is 0. The molecule has 1 amide bonds. The van der Waals surface area contributed by atoms with E-state index in [1.807, 2.05) is 0 Å². The molecule has 2 aromatic rings. The van der Waals surface area contributed by atoms with Gasteiger partial charge in [-0.25, -0.2) is 4.57 Å². The normalized spacial score (nSPS) is 10.5. The summed E-state index contributed by atoms with van der Waals surface area (Å²) in [5.74, 6) is -0.995. The van der Waals surface area contributed by atoms with Crippen LogP contribution in [-0.4, -0.2) is 46.6 Å². The first-order chi connectivity index (χ1) is 11.5. The fraction of sp³-hybridized carbons (Fsp3) is 0.455. The zero-order chi connectivity index (χ0) is 17.5. The summed E-state index contributed by atoms with van der Waals surface area (Å²) >= 11 is 0. The van der Waals surface area contributed by atoms with Gasteiger partial charge in [0.05, 0.1) is 13.1 Å². The highest BCUT2D eigenvalue weighted by atomic mass is 16.6. The van der Waals surface area contributed by atoms with E-state index in [9.17, 15) is 25.0 Å². The van der Waals surface area contributed by atoms with Gasteiger partial charge in [-0.2, -0.15) is 4.68 Å². The summed E-state index contributed by atoms with van der Waals surface area (Å²) in [7, 11) is 0. The number of carbonyl (C=O) groups excluding carboxylic acids is 1. The van der Waals surface area contributed by atoms with Crippen molar-refractivity contribution in [3.8, 4) is 0 Å². The molecule has 0 aliphatic carbocycles. The van der Waals surface area contributed by atoms with Crippen molar-refractivity contribution in [1.82, 2.24) is 29.6 Å². The first-order valence-corrected chi connectivity index (χ1v) is 6.93. The Bertz CT molecular complexity index is 738. The molecule has 0 unspecified atom stereocenters. The lowest BCUT2D eigenvalue weighted by Gasteiger charge is -2.04. The van der Waals surface area contributed by atoms with Gasteiger partial charge in [0.1, 0.15) is 12.4 Å². The van der Waals surface area contributed by atoms with Crippen molar-refractivity contribution < 1.29 is 14.6 Å². The van der Waals surface area contributed by atoms with Gasteiger partial charge in [0.15, 0.2) is 0 Å². The van der Waals surface area contributed by atoms with Crippen molar-refractivity contribution in [1.29, 1.82) is 0 Å². The molecule has 128 valence electrons. The number of hydrogen-bond donors (Lipinski definition) is 1. The van der Waals surface area contributed by atoms with E-state index in [1.54, 1.807) is 0 Å². The third kappa shape index (κ3) is 4.56. The van der Waals surface area contributed by atoms with Crippen molar-refractivity contribution in [2.75, 3.05) is 6.54 Å². The molecule has 2 rings (SSSR count). The number of carbonyl (C=O) groups is 1. The van der Waals surface area contributed by atoms with Crippen LogP contribution in [0.4, 0.5) is 11.9 Å². The molecule has 13 nitrogen and oxygen atoms in total. The maximum atomic E-state index is 11.7. The van der Waals surface area contributed by atoms with Crippen molar-refractivity contribution in [2.45, 2.75) is 25.9 Å². The van der Waals surface area contributed by atoms with Crippen molar-refractivity contribution in [3.63, 3.8) is 0 Å². The van der Waals surface area contributed by atoms with E-state index in [0.717, 1.165) is 0 Å². The Kier molecular flexibility index (Phi) is 5.49. The summed E-state index contributed by atoms with van der Waals surface area (Å²) < 4.78 is 2.62. The number of nitrogens with zero attached hydrogens (tertiary/aromatic N) is 7. The number of imidazole rings is 1. The fourth-order valence-corrected chi connectivity index (χ4v) is 1.93. The number of rotatable bonds is 9. The van der Waals surface area contributed by atoms with Crippen LogP contribution in [0.2, 0.25) is 0 Å². The van der Waals surface area contributed by atoms with Gasteiger partial charge in [-0.15, -0.1) is 0 Å². The van der Waals surface area contributed by atoms with Crippen molar-refractivity contribution >= 4 is 17.8 Å². The average molecular weight is 338 g/mol. The summed E-state index contributed by atoms with van der Waals surface area (Å²) in [5, 5.41) is 27.4. The molecular formula is C11H14N8O5. The lowest BCUT2D eigenvalue weighted by molar-refractivity contribution is -0.396. The number of amides is 1. The van der Waals surface area contributed by atoms with Gasteiger partial charge >= 0.3 is 11.9 Å². The number of aromatic nitrogens is 5. The molecule has 0 saturated heterocycles. The Morgan fingerprint density at radius 3 is 2.67 bits per heavy atom. The topological polar surface area (TPSA) is 164 Å². The third-order valence-electron chi connectivity index (χ3n) is 3.01. The van der Waals surface area contributed by atoms with E-state index in [2.05, 4.69) is 20.4 Å². The number of nitro groups is 2. The minimum atomic E-state index is -0.696. The highest BCUT2D eigenvalue weighted by molar-refractivity contribution is 5.75. The summed E-state index contributed by atoms with van der Waals surface area (Å²) in [4.78, 5) is 38.6. The predicted octanol–water partition coefficient (Wildman–Crippen LogP) is -0.112. The molecule has 0 fully saturated rings. The van der Waals surface area contributed by atoms with Gasteiger partial charge in [0.2, 0.25) is 12.2 Å². The smallest absolute Gasteiger partial charge is 0.390 e. The highest BCUT2D eigenvalue weighted by Gasteiger charge is 2.14. The minimum absolute atomic E-state index is 0.194. The first-order valence-electron chi connectivity index (χ1n) is 6.93. The Balaban J connectivity index is 1.67. The Labute approximate surface area is 134 Å². The van der Waals surface area contributed by atoms with Crippen molar-refractivity contribution in [2.24, 2.45) is 0 Å². The molecule has 0 bridgehead atoms. The largest absolute Gasteiger partial charge is 0.490 e. The summed E-state index contributed by atoms with van der Waals surface area (Å²) in [6.07, 6.45) is 4.63. The minimum Gasteiger partial charge on any atom is -0.390 e. The second-order valence-corrected chi connectivity index (χ2v) is 4.70. The molecule has 0 saturated carbocycles. The van der Waals surface area contributed by atoms with Crippen LogP contribution in [-0.2, 0) is 17.9 Å². The predicted molar refractivity (Wildman–Crippen MR) is 77.8 cm³/mol. The average Bonchev–Trinajstić information content (AvgIpc) is 3.16. The van der Waals surface area contributed by atoms with E-state index < -0.39 is 15.8 Å². The number of nitrogens with one attached hydrogen (secondary N) is 1. The van der Waals surface area contributed by atoms with E-state index in [0.29, 0.717) is 13.0 Å². The molecule has 0 radical (unpaired) electrons. The molecule has 13 heteroatoms. The molecule has 0 spiro atoms. The monoisotopic (exact) mass is 338 g/mol.